The van der Waals surface area contributed by atoms with E-state index in [4.69, 9.17) is 10.8 Å². The number of primary amides is 1. The van der Waals surface area contributed by atoms with Gasteiger partial charge in [0.05, 0.1) is 5.92 Å². The number of amides is 1. The van der Waals surface area contributed by atoms with Crippen molar-refractivity contribution < 1.29 is 19.4 Å². The summed E-state index contributed by atoms with van der Waals surface area (Å²) in [6, 6.07) is 0. The highest BCUT2D eigenvalue weighted by Crippen LogP contribution is 2.27. The SMILES string of the molecule is CC(C)(C)OC(N)=O.CC1CCC(C(=O)O)CC1. The van der Waals surface area contributed by atoms with Crippen molar-refractivity contribution in [3.8, 4) is 0 Å². The van der Waals surface area contributed by atoms with Crippen molar-refractivity contribution >= 4 is 12.1 Å². The summed E-state index contributed by atoms with van der Waals surface area (Å²) in [5, 5.41) is 8.62. The molecule has 1 saturated carbocycles. The molecule has 0 aliphatic heterocycles. The molecule has 1 aliphatic carbocycles. The van der Waals surface area contributed by atoms with Crippen LogP contribution in [0.25, 0.3) is 0 Å². The minimum atomic E-state index is -0.725. The molecular formula is C13H25NO4. The van der Waals surface area contributed by atoms with E-state index in [1.807, 2.05) is 0 Å². The van der Waals surface area contributed by atoms with Gasteiger partial charge >= 0.3 is 12.1 Å². The largest absolute Gasteiger partial charge is 0.481 e. The maximum atomic E-state index is 10.5. The van der Waals surface area contributed by atoms with E-state index in [0.29, 0.717) is 0 Å². The van der Waals surface area contributed by atoms with Crippen LogP contribution >= 0.6 is 0 Å². The van der Waals surface area contributed by atoms with E-state index in [9.17, 15) is 9.59 Å². The van der Waals surface area contributed by atoms with Crippen LogP contribution in [0.5, 0.6) is 0 Å². The van der Waals surface area contributed by atoms with Crippen LogP contribution in [0.4, 0.5) is 4.79 Å². The zero-order chi connectivity index (χ0) is 14.3. The standard InChI is InChI=1S/C8H14O2.C5H11NO2/c1-6-2-4-7(5-3-6)8(9)10;1-5(2,3)8-4(6)7/h6-7H,2-5H2,1H3,(H,9,10);1-3H3,(H2,6,7). The van der Waals surface area contributed by atoms with Crippen LogP contribution in [0.15, 0.2) is 0 Å². The van der Waals surface area contributed by atoms with Gasteiger partial charge in [-0.2, -0.15) is 0 Å². The quantitative estimate of drug-likeness (QED) is 0.757. The van der Waals surface area contributed by atoms with Gasteiger partial charge in [0.15, 0.2) is 0 Å². The molecule has 0 aromatic rings. The molecule has 1 amide bonds. The molecule has 18 heavy (non-hydrogen) atoms. The summed E-state index contributed by atoms with van der Waals surface area (Å²) in [6.45, 7) is 7.48. The van der Waals surface area contributed by atoms with Crippen molar-refractivity contribution in [2.24, 2.45) is 17.6 Å². The number of aliphatic carboxylic acids is 1. The summed E-state index contributed by atoms with van der Waals surface area (Å²) in [4.78, 5) is 20.5. The second-order valence-electron chi connectivity index (χ2n) is 5.83. The molecule has 3 N–H and O–H groups in total. The van der Waals surface area contributed by atoms with Gasteiger partial charge in [-0.25, -0.2) is 4.79 Å². The van der Waals surface area contributed by atoms with Gasteiger partial charge in [0.25, 0.3) is 0 Å². The molecule has 0 atom stereocenters. The van der Waals surface area contributed by atoms with Crippen molar-refractivity contribution in [3.05, 3.63) is 0 Å². The number of carbonyl (C=O) groups is 2. The first-order valence-electron chi connectivity index (χ1n) is 6.33. The molecule has 0 aromatic carbocycles. The van der Waals surface area contributed by atoms with Gasteiger partial charge in [0, 0.05) is 0 Å². The first kappa shape index (κ1) is 16.7. The highest BCUT2D eigenvalue weighted by atomic mass is 16.6. The lowest BCUT2D eigenvalue weighted by Gasteiger charge is -2.22. The van der Waals surface area contributed by atoms with Crippen LogP contribution in [-0.4, -0.2) is 22.8 Å². The van der Waals surface area contributed by atoms with E-state index < -0.39 is 17.7 Å². The maximum absolute atomic E-state index is 10.5. The summed E-state index contributed by atoms with van der Waals surface area (Å²) < 4.78 is 4.58. The lowest BCUT2D eigenvalue weighted by molar-refractivity contribution is -0.143. The van der Waals surface area contributed by atoms with Gasteiger partial charge in [0.1, 0.15) is 5.60 Å². The van der Waals surface area contributed by atoms with Crippen molar-refractivity contribution in [2.75, 3.05) is 0 Å². The van der Waals surface area contributed by atoms with E-state index in [0.717, 1.165) is 31.6 Å². The summed E-state index contributed by atoms with van der Waals surface area (Å²) >= 11 is 0. The third kappa shape index (κ3) is 8.84. The van der Waals surface area contributed by atoms with Crippen LogP contribution in [0.3, 0.4) is 0 Å². The number of hydrogen-bond donors (Lipinski definition) is 2. The van der Waals surface area contributed by atoms with Gasteiger partial charge in [-0.05, 0) is 52.4 Å². The van der Waals surface area contributed by atoms with Gasteiger partial charge in [-0.3, -0.25) is 4.79 Å². The van der Waals surface area contributed by atoms with Gasteiger partial charge in [0.2, 0.25) is 0 Å². The third-order valence-corrected chi connectivity index (χ3v) is 2.77. The molecular weight excluding hydrogens is 234 g/mol. The number of ether oxygens (including phenoxy) is 1. The summed E-state index contributed by atoms with van der Waals surface area (Å²) in [6.07, 6.45) is 3.23. The molecule has 0 bridgehead atoms. The fraction of sp³-hybridized carbons (Fsp3) is 0.846. The van der Waals surface area contributed by atoms with Crippen LogP contribution in [0, 0.1) is 11.8 Å². The van der Waals surface area contributed by atoms with Crippen LogP contribution < -0.4 is 5.73 Å². The van der Waals surface area contributed by atoms with Crippen LogP contribution in [0.1, 0.15) is 53.4 Å². The second kappa shape index (κ2) is 7.24. The first-order valence-corrected chi connectivity index (χ1v) is 6.33. The van der Waals surface area contributed by atoms with E-state index in [-0.39, 0.29) is 5.92 Å². The van der Waals surface area contributed by atoms with Crippen molar-refractivity contribution in [3.63, 3.8) is 0 Å². The highest BCUT2D eigenvalue weighted by molar-refractivity contribution is 5.69. The Balaban J connectivity index is 0.000000331. The zero-order valence-electron chi connectivity index (χ0n) is 11.7. The Bertz CT molecular complexity index is 275. The molecule has 0 saturated heterocycles. The predicted octanol–water partition coefficient (Wildman–Crippen LogP) is 2.78. The Hall–Kier alpha value is -1.26. The number of rotatable bonds is 1. The zero-order valence-corrected chi connectivity index (χ0v) is 11.7. The number of carbonyl (C=O) groups excluding carboxylic acids is 1. The fourth-order valence-corrected chi connectivity index (χ4v) is 1.81. The summed E-state index contributed by atoms with van der Waals surface area (Å²) in [5.74, 6) is 0.0960. The predicted molar refractivity (Wildman–Crippen MR) is 69.2 cm³/mol. The van der Waals surface area contributed by atoms with Gasteiger partial charge < -0.3 is 15.6 Å². The molecule has 106 valence electrons. The normalized spacial score (nSPS) is 23.6. The number of nitrogens with two attached hydrogens (primary N) is 1. The average molecular weight is 259 g/mol. The van der Waals surface area contributed by atoms with E-state index in [1.54, 1.807) is 20.8 Å². The summed E-state index contributed by atoms with van der Waals surface area (Å²) in [7, 11) is 0. The number of carboxylic acids is 1. The molecule has 1 fully saturated rings. The van der Waals surface area contributed by atoms with E-state index in [2.05, 4.69) is 11.7 Å². The molecule has 5 heteroatoms. The monoisotopic (exact) mass is 259 g/mol. The Labute approximate surface area is 109 Å². The topological polar surface area (TPSA) is 89.6 Å². The molecule has 0 unspecified atom stereocenters. The van der Waals surface area contributed by atoms with E-state index in [1.165, 1.54) is 0 Å². The Morgan fingerprint density at radius 2 is 1.61 bits per heavy atom. The van der Waals surface area contributed by atoms with Crippen molar-refractivity contribution in [1.82, 2.24) is 0 Å². The highest BCUT2D eigenvalue weighted by Gasteiger charge is 2.23. The lowest BCUT2D eigenvalue weighted by Crippen LogP contribution is -2.27. The third-order valence-electron chi connectivity index (χ3n) is 2.77. The first-order chi connectivity index (χ1) is 8.11. The molecule has 0 radical (unpaired) electrons. The second-order valence-corrected chi connectivity index (χ2v) is 5.83. The molecule has 5 nitrogen and oxygen atoms in total. The van der Waals surface area contributed by atoms with Crippen LogP contribution in [0.2, 0.25) is 0 Å². The minimum absolute atomic E-state index is 0.0452. The molecule has 0 heterocycles. The van der Waals surface area contributed by atoms with Crippen LogP contribution in [-0.2, 0) is 9.53 Å². The fourth-order valence-electron chi connectivity index (χ4n) is 1.81. The maximum Gasteiger partial charge on any atom is 0.405 e. The van der Waals surface area contributed by atoms with Gasteiger partial charge in [-0.15, -0.1) is 0 Å². The smallest absolute Gasteiger partial charge is 0.405 e. The Kier molecular flexibility index (Phi) is 6.73. The lowest BCUT2D eigenvalue weighted by atomic mass is 9.83. The Morgan fingerprint density at radius 1 is 1.17 bits per heavy atom. The minimum Gasteiger partial charge on any atom is -0.481 e. The molecule has 0 aromatic heterocycles. The molecule has 0 spiro atoms. The Morgan fingerprint density at radius 3 is 1.83 bits per heavy atom. The van der Waals surface area contributed by atoms with Crippen molar-refractivity contribution in [2.45, 2.75) is 59.0 Å². The number of carboxylic acid groups (broad SMARTS) is 1. The van der Waals surface area contributed by atoms with Crippen molar-refractivity contribution in [1.29, 1.82) is 0 Å². The average Bonchev–Trinajstić information content (AvgIpc) is 2.15. The summed E-state index contributed by atoms with van der Waals surface area (Å²) in [5.41, 5.74) is 4.26. The molecule has 1 rings (SSSR count). The molecule has 1 aliphatic rings. The van der Waals surface area contributed by atoms with E-state index >= 15 is 0 Å². The number of hydrogen-bond acceptors (Lipinski definition) is 3. The van der Waals surface area contributed by atoms with Gasteiger partial charge in [-0.1, -0.05) is 6.92 Å².